The molecule has 0 aliphatic heterocycles. The third-order valence-corrected chi connectivity index (χ3v) is 4.43. The van der Waals surface area contributed by atoms with Gasteiger partial charge in [-0.1, -0.05) is 52.3 Å². The number of halogens is 1. The number of carbonyl (C=O) groups excluding carboxylic acids is 1. The molecule has 0 fully saturated rings. The molecular weight excluding hydrogens is 394 g/mol. The largest absolute Gasteiger partial charge is 0.491 e. The van der Waals surface area contributed by atoms with E-state index in [1.807, 2.05) is 66.7 Å². The summed E-state index contributed by atoms with van der Waals surface area (Å²) in [5.74, 6) is 1.30. The van der Waals surface area contributed by atoms with Crippen molar-refractivity contribution in [2.75, 3.05) is 13.2 Å². The van der Waals surface area contributed by atoms with Crippen LogP contribution in [0.15, 0.2) is 71.2 Å². The van der Waals surface area contributed by atoms with Crippen LogP contribution < -0.4 is 14.8 Å². The minimum atomic E-state index is -0.575. The van der Waals surface area contributed by atoms with Crippen molar-refractivity contribution in [3.63, 3.8) is 0 Å². The number of ether oxygens (including phenoxy) is 2. The van der Waals surface area contributed by atoms with Gasteiger partial charge in [0, 0.05) is 9.86 Å². The molecule has 134 valence electrons. The molecule has 1 amide bonds. The van der Waals surface area contributed by atoms with Gasteiger partial charge in [-0.3, -0.25) is 4.79 Å². The monoisotopic (exact) mass is 413 g/mol. The van der Waals surface area contributed by atoms with E-state index < -0.39 is 6.10 Å². The highest BCUT2D eigenvalue weighted by molar-refractivity contribution is 9.10. The van der Waals surface area contributed by atoms with E-state index in [0.717, 1.165) is 21.0 Å². The van der Waals surface area contributed by atoms with Crippen molar-refractivity contribution < 1.29 is 14.3 Å². The van der Waals surface area contributed by atoms with Gasteiger partial charge < -0.3 is 14.8 Å². The summed E-state index contributed by atoms with van der Waals surface area (Å²) in [7, 11) is 0. The predicted molar refractivity (Wildman–Crippen MR) is 107 cm³/mol. The van der Waals surface area contributed by atoms with Crippen LogP contribution in [0, 0.1) is 0 Å². The van der Waals surface area contributed by atoms with Crippen molar-refractivity contribution in [2.45, 2.75) is 13.0 Å². The fourth-order valence-corrected chi connectivity index (χ4v) is 2.84. The molecule has 1 N–H and O–H groups in total. The summed E-state index contributed by atoms with van der Waals surface area (Å²) in [6, 6.07) is 21.4. The first-order valence-electron chi connectivity index (χ1n) is 8.44. The summed E-state index contributed by atoms with van der Waals surface area (Å²) in [5, 5.41) is 5.03. The summed E-state index contributed by atoms with van der Waals surface area (Å²) in [6.07, 6.45) is -0.575. The first-order chi connectivity index (χ1) is 12.6. The number of nitrogens with one attached hydrogen (secondary N) is 1. The third-order valence-electron chi connectivity index (χ3n) is 3.90. The highest BCUT2D eigenvalue weighted by atomic mass is 79.9. The van der Waals surface area contributed by atoms with Gasteiger partial charge in [-0.15, -0.1) is 0 Å². The highest BCUT2D eigenvalue weighted by Crippen LogP contribution is 2.24. The number of fused-ring (bicyclic) bond motifs is 1. The average molecular weight is 414 g/mol. The van der Waals surface area contributed by atoms with E-state index in [0.29, 0.717) is 18.9 Å². The lowest BCUT2D eigenvalue weighted by Gasteiger charge is -2.15. The fraction of sp³-hybridized carbons (Fsp3) is 0.190. The van der Waals surface area contributed by atoms with E-state index in [2.05, 4.69) is 21.2 Å². The summed E-state index contributed by atoms with van der Waals surface area (Å²) in [6.45, 7) is 2.53. The molecule has 4 nitrogen and oxygen atoms in total. The molecule has 0 radical (unpaired) electrons. The van der Waals surface area contributed by atoms with E-state index in [1.54, 1.807) is 6.92 Å². The Balaban J connectivity index is 1.46. The Kier molecular flexibility index (Phi) is 6.12. The van der Waals surface area contributed by atoms with Crippen LogP contribution >= 0.6 is 15.9 Å². The predicted octanol–water partition coefficient (Wildman–Crippen LogP) is 4.56. The van der Waals surface area contributed by atoms with Gasteiger partial charge in [-0.25, -0.2) is 0 Å². The molecule has 1 atom stereocenters. The molecule has 0 heterocycles. The van der Waals surface area contributed by atoms with Crippen LogP contribution in [0.4, 0.5) is 0 Å². The smallest absolute Gasteiger partial charge is 0.260 e. The van der Waals surface area contributed by atoms with E-state index in [-0.39, 0.29) is 5.91 Å². The van der Waals surface area contributed by atoms with E-state index in [1.165, 1.54) is 0 Å². The van der Waals surface area contributed by atoms with Crippen molar-refractivity contribution in [1.82, 2.24) is 5.32 Å². The lowest BCUT2D eigenvalue weighted by Crippen LogP contribution is -2.38. The third kappa shape index (κ3) is 4.76. The van der Waals surface area contributed by atoms with Gasteiger partial charge in [0.1, 0.15) is 18.1 Å². The zero-order chi connectivity index (χ0) is 18.4. The molecule has 0 spiro atoms. The Morgan fingerprint density at radius 2 is 1.77 bits per heavy atom. The van der Waals surface area contributed by atoms with Crippen LogP contribution in [0.3, 0.4) is 0 Å². The fourth-order valence-electron chi connectivity index (χ4n) is 2.57. The van der Waals surface area contributed by atoms with Gasteiger partial charge in [0.05, 0.1) is 6.54 Å². The molecule has 0 unspecified atom stereocenters. The Morgan fingerprint density at radius 3 is 2.58 bits per heavy atom. The first kappa shape index (κ1) is 18.3. The summed E-state index contributed by atoms with van der Waals surface area (Å²) < 4.78 is 12.4. The van der Waals surface area contributed by atoms with Crippen LogP contribution in [-0.4, -0.2) is 25.2 Å². The minimum absolute atomic E-state index is 0.172. The van der Waals surface area contributed by atoms with E-state index in [9.17, 15) is 4.79 Å². The number of hydrogen-bond donors (Lipinski definition) is 1. The molecule has 3 aromatic rings. The molecule has 0 saturated heterocycles. The van der Waals surface area contributed by atoms with Crippen LogP contribution in [-0.2, 0) is 4.79 Å². The standard InChI is InChI=1S/C21H20BrNO3/c1-15(26-18-11-9-17(22)10-12-18)21(24)23-13-14-25-20-8-4-6-16-5-2-3-7-19(16)20/h2-12,15H,13-14H2,1H3,(H,23,24)/t15-/m1/s1. The summed E-state index contributed by atoms with van der Waals surface area (Å²) in [4.78, 5) is 12.1. The SMILES string of the molecule is C[C@@H](Oc1ccc(Br)cc1)C(=O)NCCOc1cccc2ccccc12. The lowest BCUT2D eigenvalue weighted by atomic mass is 10.1. The molecule has 26 heavy (non-hydrogen) atoms. The van der Waals surface area contributed by atoms with Crippen molar-refractivity contribution in [2.24, 2.45) is 0 Å². The van der Waals surface area contributed by atoms with Gasteiger partial charge in [0.25, 0.3) is 5.91 Å². The van der Waals surface area contributed by atoms with Crippen LogP contribution in [0.5, 0.6) is 11.5 Å². The zero-order valence-electron chi connectivity index (χ0n) is 14.4. The van der Waals surface area contributed by atoms with Gasteiger partial charge in [0.2, 0.25) is 0 Å². The number of amides is 1. The van der Waals surface area contributed by atoms with Crippen LogP contribution in [0.2, 0.25) is 0 Å². The maximum absolute atomic E-state index is 12.1. The second-order valence-corrected chi connectivity index (χ2v) is 6.75. The molecule has 0 aromatic heterocycles. The van der Waals surface area contributed by atoms with Gasteiger partial charge in [-0.2, -0.15) is 0 Å². The molecule has 3 rings (SSSR count). The number of benzene rings is 3. The Hall–Kier alpha value is -2.53. The topological polar surface area (TPSA) is 47.6 Å². The van der Waals surface area contributed by atoms with E-state index >= 15 is 0 Å². The Morgan fingerprint density at radius 1 is 1.04 bits per heavy atom. The summed E-state index contributed by atoms with van der Waals surface area (Å²) >= 11 is 3.37. The second-order valence-electron chi connectivity index (χ2n) is 5.83. The maximum Gasteiger partial charge on any atom is 0.260 e. The van der Waals surface area contributed by atoms with Crippen LogP contribution in [0.25, 0.3) is 10.8 Å². The second kappa shape index (κ2) is 8.72. The molecule has 0 bridgehead atoms. The molecule has 0 aliphatic rings. The Labute approximate surface area is 161 Å². The highest BCUT2D eigenvalue weighted by Gasteiger charge is 2.14. The number of hydrogen-bond acceptors (Lipinski definition) is 3. The first-order valence-corrected chi connectivity index (χ1v) is 9.23. The molecule has 5 heteroatoms. The average Bonchev–Trinajstić information content (AvgIpc) is 2.67. The van der Waals surface area contributed by atoms with Crippen molar-refractivity contribution in [3.05, 3.63) is 71.2 Å². The normalized spacial score (nSPS) is 11.8. The minimum Gasteiger partial charge on any atom is -0.491 e. The quantitative estimate of drug-likeness (QED) is 0.577. The molecule has 0 saturated carbocycles. The molecular formula is C21H20BrNO3. The molecule has 0 aliphatic carbocycles. The van der Waals surface area contributed by atoms with Crippen molar-refractivity contribution >= 4 is 32.6 Å². The lowest BCUT2D eigenvalue weighted by molar-refractivity contribution is -0.127. The Bertz CT molecular complexity index is 875. The van der Waals surface area contributed by atoms with Gasteiger partial charge >= 0.3 is 0 Å². The zero-order valence-corrected chi connectivity index (χ0v) is 16.0. The van der Waals surface area contributed by atoms with Gasteiger partial charge in [0.15, 0.2) is 6.10 Å². The maximum atomic E-state index is 12.1. The number of rotatable bonds is 7. The number of carbonyl (C=O) groups is 1. The van der Waals surface area contributed by atoms with E-state index in [4.69, 9.17) is 9.47 Å². The van der Waals surface area contributed by atoms with Crippen LogP contribution in [0.1, 0.15) is 6.92 Å². The van der Waals surface area contributed by atoms with Crippen molar-refractivity contribution in [3.8, 4) is 11.5 Å². The van der Waals surface area contributed by atoms with Crippen molar-refractivity contribution in [1.29, 1.82) is 0 Å². The summed E-state index contributed by atoms with van der Waals surface area (Å²) in [5.41, 5.74) is 0. The molecule has 3 aromatic carbocycles. The van der Waals surface area contributed by atoms with Gasteiger partial charge in [-0.05, 0) is 42.6 Å².